The topological polar surface area (TPSA) is 64.3 Å². The fourth-order valence-electron chi connectivity index (χ4n) is 1.61. The van der Waals surface area contributed by atoms with Gasteiger partial charge >= 0.3 is 0 Å². The zero-order chi connectivity index (χ0) is 15.1. The summed E-state index contributed by atoms with van der Waals surface area (Å²) in [7, 11) is 0. The normalized spacial score (nSPS) is 12.1. The number of unbranched alkanes of at least 4 members (excludes halogenated alkanes) is 1. The third-order valence-electron chi connectivity index (χ3n) is 2.79. The van der Waals surface area contributed by atoms with Crippen LogP contribution in [0.1, 0.15) is 32.3 Å². The maximum absolute atomic E-state index is 13.7. The fraction of sp³-hybridized carbons (Fsp3) is 0.500. The average Bonchev–Trinajstić information content (AvgIpc) is 2.42. The highest BCUT2D eigenvalue weighted by molar-refractivity contribution is 5.80. The van der Waals surface area contributed by atoms with Crippen molar-refractivity contribution in [3.8, 4) is 5.75 Å². The van der Waals surface area contributed by atoms with Gasteiger partial charge in [0.05, 0.1) is 0 Å². The van der Waals surface area contributed by atoms with Crippen LogP contribution in [0.3, 0.4) is 0 Å². The van der Waals surface area contributed by atoms with Crippen molar-refractivity contribution < 1.29 is 18.3 Å². The molecule has 0 bridgehead atoms. The largest absolute Gasteiger partial charge is 0.475 e. The smallest absolute Gasteiger partial charge is 0.260 e. The van der Waals surface area contributed by atoms with Crippen LogP contribution in [0.2, 0.25) is 0 Å². The van der Waals surface area contributed by atoms with E-state index >= 15 is 0 Å². The van der Waals surface area contributed by atoms with Crippen molar-refractivity contribution >= 4 is 5.91 Å². The van der Waals surface area contributed by atoms with Crippen LogP contribution >= 0.6 is 0 Å². The molecule has 0 radical (unpaired) electrons. The van der Waals surface area contributed by atoms with E-state index in [0.29, 0.717) is 12.1 Å². The molecule has 0 aromatic heterocycles. The van der Waals surface area contributed by atoms with Crippen molar-refractivity contribution in [2.45, 2.75) is 39.3 Å². The molecular weight excluding hydrogens is 266 g/mol. The van der Waals surface area contributed by atoms with Crippen LogP contribution in [0.4, 0.5) is 8.78 Å². The van der Waals surface area contributed by atoms with E-state index < -0.39 is 29.4 Å². The van der Waals surface area contributed by atoms with E-state index in [1.54, 1.807) is 0 Å². The van der Waals surface area contributed by atoms with Crippen LogP contribution in [-0.2, 0) is 11.3 Å². The minimum Gasteiger partial charge on any atom is -0.475 e. The lowest BCUT2D eigenvalue weighted by atomic mass is 10.2. The summed E-state index contributed by atoms with van der Waals surface area (Å²) < 4.78 is 32.4. The van der Waals surface area contributed by atoms with E-state index in [1.165, 1.54) is 6.92 Å². The fourth-order valence-corrected chi connectivity index (χ4v) is 1.61. The molecule has 0 aliphatic carbocycles. The minimum atomic E-state index is -0.973. The van der Waals surface area contributed by atoms with Crippen molar-refractivity contribution in [2.24, 2.45) is 5.73 Å². The number of carbonyl (C=O) groups is 1. The SMILES string of the molecule is CCCCNC(=O)C(C)Oc1c(F)cc(CN)cc1F. The van der Waals surface area contributed by atoms with E-state index in [1.807, 2.05) is 6.92 Å². The molecule has 1 unspecified atom stereocenters. The van der Waals surface area contributed by atoms with Crippen LogP contribution in [-0.4, -0.2) is 18.6 Å². The van der Waals surface area contributed by atoms with Crippen LogP contribution in [0.15, 0.2) is 12.1 Å². The Morgan fingerprint density at radius 1 is 1.40 bits per heavy atom. The Kier molecular flexibility index (Phi) is 6.38. The molecule has 3 N–H and O–H groups in total. The van der Waals surface area contributed by atoms with E-state index in [4.69, 9.17) is 10.5 Å². The highest BCUT2D eigenvalue weighted by atomic mass is 19.1. The number of hydrogen-bond acceptors (Lipinski definition) is 3. The van der Waals surface area contributed by atoms with Crippen LogP contribution in [0.5, 0.6) is 5.75 Å². The average molecular weight is 286 g/mol. The van der Waals surface area contributed by atoms with Crippen molar-refractivity contribution in [3.63, 3.8) is 0 Å². The van der Waals surface area contributed by atoms with Gasteiger partial charge < -0.3 is 15.8 Å². The predicted molar refractivity (Wildman–Crippen MR) is 72.3 cm³/mol. The molecule has 112 valence electrons. The standard InChI is InChI=1S/C14H20F2N2O2/c1-3-4-5-18-14(19)9(2)20-13-11(15)6-10(8-17)7-12(13)16/h6-7,9H,3-5,8,17H2,1-2H3,(H,18,19). The Labute approximate surface area is 117 Å². The van der Waals surface area contributed by atoms with Gasteiger partial charge in [-0.05, 0) is 31.0 Å². The summed E-state index contributed by atoms with van der Waals surface area (Å²) in [6, 6.07) is 2.19. The van der Waals surface area contributed by atoms with Crippen molar-refractivity contribution in [2.75, 3.05) is 6.54 Å². The van der Waals surface area contributed by atoms with Gasteiger partial charge in [0.2, 0.25) is 0 Å². The van der Waals surface area contributed by atoms with E-state index in [0.717, 1.165) is 25.0 Å². The molecule has 0 saturated heterocycles. The molecule has 1 aromatic carbocycles. The molecule has 0 aliphatic heterocycles. The number of benzene rings is 1. The molecule has 0 heterocycles. The quantitative estimate of drug-likeness (QED) is 0.755. The molecule has 0 aliphatic rings. The first kappa shape index (κ1) is 16.4. The number of hydrogen-bond donors (Lipinski definition) is 2. The second-order valence-electron chi connectivity index (χ2n) is 4.50. The van der Waals surface area contributed by atoms with Crippen LogP contribution in [0, 0.1) is 11.6 Å². The first-order valence-electron chi connectivity index (χ1n) is 6.62. The summed E-state index contributed by atoms with van der Waals surface area (Å²) in [6.07, 6.45) is 0.811. The van der Waals surface area contributed by atoms with Crippen molar-refractivity contribution in [3.05, 3.63) is 29.3 Å². The first-order valence-corrected chi connectivity index (χ1v) is 6.62. The Hall–Kier alpha value is -1.69. The number of amides is 1. The lowest BCUT2D eigenvalue weighted by molar-refractivity contribution is -0.127. The van der Waals surface area contributed by atoms with Gasteiger partial charge in [0.15, 0.2) is 23.5 Å². The lowest BCUT2D eigenvalue weighted by Crippen LogP contribution is -2.37. The Balaban J connectivity index is 2.70. The monoisotopic (exact) mass is 286 g/mol. The molecule has 0 saturated carbocycles. The molecule has 0 spiro atoms. The minimum absolute atomic E-state index is 0.0289. The predicted octanol–water partition coefficient (Wildman–Crippen LogP) is 2.11. The summed E-state index contributed by atoms with van der Waals surface area (Å²) in [6.45, 7) is 3.98. The van der Waals surface area contributed by atoms with Crippen LogP contribution < -0.4 is 15.8 Å². The molecule has 4 nitrogen and oxygen atoms in total. The Morgan fingerprint density at radius 2 is 2.00 bits per heavy atom. The number of ether oxygens (including phenoxy) is 1. The zero-order valence-corrected chi connectivity index (χ0v) is 11.7. The third kappa shape index (κ3) is 4.45. The van der Waals surface area contributed by atoms with Gasteiger partial charge in [-0.1, -0.05) is 13.3 Å². The summed E-state index contributed by atoms with van der Waals surface area (Å²) in [5.74, 6) is -2.68. The first-order chi connectivity index (χ1) is 9.49. The molecule has 1 aromatic rings. The molecule has 1 rings (SSSR count). The maximum Gasteiger partial charge on any atom is 0.260 e. The summed E-state index contributed by atoms with van der Waals surface area (Å²) >= 11 is 0. The maximum atomic E-state index is 13.7. The van der Waals surface area contributed by atoms with Crippen LogP contribution in [0.25, 0.3) is 0 Å². The highest BCUT2D eigenvalue weighted by Gasteiger charge is 2.19. The Bertz CT molecular complexity index is 443. The van der Waals surface area contributed by atoms with Gasteiger partial charge in [-0.25, -0.2) is 8.78 Å². The van der Waals surface area contributed by atoms with Crippen molar-refractivity contribution in [1.29, 1.82) is 0 Å². The molecule has 0 fully saturated rings. The van der Waals surface area contributed by atoms with Gasteiger partial charge in [-0.3, -0.25) is 4.79 Å². The van der Waals surface area contributed by atoms with Crippen molar-refractivity contribution in [1.82, 2.24) is 5.32 Å². The molecule has 1 atom stereocenters. The second kappa shape index (κ2) is 7.79. The van der Waals surface area contributed by atoms with E-state index in [9.17, 15) is 13.6 Å². The lowest BCUT2D eigenvalue weighted by Gasteiger charge is -2.16. The Morgan fingerprint density at radius 3 is 2.50 bits per heavy atom. The highest BCUT2D eigenvalue weighted by Crippen LogP contribution is 2.24. The van der Waals surface area contributed by atoms with Gasteiger partial charge in [-0.2, -0.15) is 0 Å². The van der Waals surface area contributed by atoms with E-state index in [2.05, 4.69) is 5.32 Å². The summed E-state index contributed by atoms with van der Waals surface area (Å²) in [4.78, 5) is 11.7. The number of halogens is 2. The third-order valence-corrected chi connectivity index (χ3v) is 2.79. The number of nitrogens with one attached hydrogen (secondary N) is 1. The van der Waals surface area contributed by atoms with Gasteiger partial charge in [0, 0.05) is 13.1 Å². The molecule has 1 amide bonds. The van der Waals surface area contributed by atoms with Gasteiger partial charge in [0.1, 0.15) is 0 Å². The number of nitrogens with two attached hydrogens (primary N) is 1. The molecule has 6 heteroatoms. The summed E-state index contributed by atoms with van der Waals surface area (Å²) in [5.41, 5.74) is 5.64. The van der Waals surface area contributed by atoms with E-state index in [-0.39, 0.29) is 6.54 Å². The van der Waals surface area contributed by atoms with Gasteiger partial charge in [0.25, 0.3) is 5.91 Å². The zero-order valence-electron chi connectivity index (χ0n) is 11.7. The molecular formula is C14H20F2N2O2. The summed E-state index contributed by atoms with van der Waals surface area (Å²) in [5, 5.41) is 2.64. The second-order valence-corrected chi connectivity index (χ2v) is 4.50. The number of carbonyl (C=O) groups excluding carboxylic acids is 1. The molecule has 20 heavy (non-hydrogen) atoms. The number of rotatable bonds is 7. The van der Waals surface area contributed by atoms with Gasteiger partial charge in [-0.15, -0.1) is 0 Å².